The second kappa shape index (κ2) is 9.65. The Morgan fingerprint density at radius 1 is 0.703 bits per heavy atom. The molecular weight excluding hydrogens is 468 g/mol. The number of piperidine rings is 6. The van der Waals surface area contributed by atoms with Crippen molar-refractivity contribution in [2.75, 3.05) is 56.9 Å². The predicted octanol–water partition coefficient (Wildman–Crippen LogP) is 3.52. The summed E-state index contributed by atoms with van der Waals surface area (Å²) in [4.78, 5) is 31.7. The molecule has 6 saturated heterocycles. The molecule has 4 bridgehead atoms. The summed E-state index contributed by atoms with van der Waals surface area (Å²) in [6.07, 6.45) is 6.68. The highest BCUT2D eigenvalue weighted by molar-refractivity contribution is 6.33. The Balaban J connectivity index is 0.000000266. The molecule has 7 aliphatic rings. The number of phenols is 2. The summed E-state index contributed by atoms with van der Waals surface area (Å²) < 4.78 is 0. The van der Waals surface area contributed by atoms with Crippen molar-refractivity contribution in [1.29, 1.82) is 0 Å². The number of carbonyl (C=O) groups is 2. The number of nitrogens with one attached hydrogen (secondary N) is 2. The summed E-state index contributed by atoms with van der Waals surface area (Å²) in [6, 6.07) is 6.26. The Bertz CT molecular complexity index is 1210. The molecule has 9 rings (SSSR count). The van der Waals surface area contributed by atoms with E-state index in [1.54, 1.807) is 19.2 Å². The number of fused-ring (bicyclic) bond motifs is 8. The van der Waals surface area contributed by atoms with Crippen LogP contribution in [0, 0.1) is 11.8 Å². The minimum atomic E-state index is -0.468. The third-order valence-electron chi connectivity index (χ3n) is 9.10. The molecule has 1 aliphatic carbocycles. The molecule has 0 aromatic heterocycles. The van der Waals surface area contributed by atoms with Crippen molar-refractivity contribution < 1.29 is 19.8 Å². The molecule has 37 heavy (non-hydrogen) atoms. The van der Waals surface area contributed by atoms with E-state index in [-0.39, 0.29) is 39.8 Å². The van der Waals surface area contributed by atoms with Crippen molar-refractivity contribution >= 4 is 22.9 Å². The monoisotopic (exact) mass is 504 g/mol. The number of ketones is 2. The third kappa shape index (κ3) is 4.26. The van der Waals surface area contributed by atoms with Crippen molar-refractivity contribution in [2.45, 2.75) is 38.1 Å². The minimum absolute atomic E-state index is 0.00382. The molecule has 1 unspecified atom stereocenters. The maximum atomic E-state index is 13.4. The van der Waals surface area contributed by atoms with E-state index < -0.39 is 11.6 Å². The molecule has 6 fully saturated rings. The Kier molecular flexibility index (Phi) is 6.32. The van der Waals surface area contributed by atoms with E-state index in [0.717, 1.165) is 38.4 Å². The van der Waals surface area contributed by atoms with Crippen LogP contribution in [0.2, 0.25) is 0 Å². The highest BCUT2D eigenvalue weighted by Gasteiger charge is 2.40. The summed E-state index contributed by atoms with van der Waals surface area (Å²) in [5.74, 6) is 0.248. The van der Waals surface area contributed by atoms with Crippen LogP contribution in [0.4, 0.5) is 11.4 Å². The lowest BCUT2D eigenvalue weighted by molar-refractivity contribution is 0.0962. The Morgan fingerprint density at radius 3 is 1.65 bits per heavy atom. The normalized spacial score (nSPS) is 29.2. The number of hydrogen-bond donors (Lipinski definition) is 4. The first-order chi connectivity index (χ1) is 17.9. The number of phenolic OH excluding ortho intramolecular Hbond substituents is 2. The molecule has 0 spiro atoms. The molecule has 6 aliphatic heterocycles. The zero-order valence-electron chi connectivity index (χ0n) is 21.4. The van der Waals surface area contributed by atoms with Crippen molar-refractivity contribution in [3.8, 4) is 11.5 Å². The molecular formula is C29H36N4O4. The number of benzene rings is 2. The standard InChI is InChI=1S/C22H23N3O4.C7H13N/c1-23-12-2-4-15(26)19-17(12)21(28)20-16(27)5-3-13(18(20)22(19)29)24-14-10-25-8-6-11(14)7-9-25;1-4-8-5-2-7(1)3-6-8/h2-5,11,14,23-24,26-27H,6-10H2,1H3;7H,1-6H2. The van der Waals surface area contributed by atoms with Crippen LogP contribution in [0.25, 0.3) is 0 Å². The highest BCUT2D eigenvalue weighted by atomic mass is 16.3. The number of hydrogen-bond acceptors (Lipinski definition) is 8. The van der Waals surface area contributed by atoms with Gasteiger partial charge in [-0.2, -0.15) is 0 Å². The summed E-state index contributed by atoms with van der Waals surface area (Å²) in [7, 11) is 1.64. The van der Waals surface area contributed by atoms with Crippen LogP contribution in [0.5, 0.6) is 11.5 Å². The molecule has 0 amide bonds. The molecule has 196 valence electrons. The first-order valence-corrected chi connectivity index (χ1v) is 13.6. The zero-order chi connectivity index (χ0) is 25.7. The molecule has 0 radical (unpaired) electrons. The summed E-state index contributed by atoms with van der Waals surface area (Å²) in [5.41, 5.74) is 1.20. The maximum Gasteiger partial charge on any atom is 0.200 e. The molecule has 8 nitrogen and oxygen atoms in total. The van der Waals surface area contributed by atoms with Crippen LogP contribution in [0.15, 0.2) is 24.3 Å². The van der Waals surface area contributed by atoms with E-state index in [2.05, 4.69) is 20.4 Å². The quantitative estimate of drug-likeness (QED) is 0.402. The Morgan fingerprint density at radius 2 is 1.22 bits per heavy atom. The molecule has 4 N–H and O–H groups in total. The zero-order valence-corrected chi connectivity index (χ0v) is 21.4. The largest absolute Gasteiger partial charge is 0.507 e. The van der Waals surface area contributed by atoms with Crippen molar-refractivity contribution in [3.05, 3.63) is 46.5 Å². The van der Waals surface area contributed by atoms with Gasteiger partial charge in [-0.3, -0.25) is 9.59 Å². The number of nitrogens with zero attached hydrogens (tertiary/aromatic N) is 2. The van der Waals surface area contributed by atoms with Gasteiger partial charge in [0.2, 0.25) is 11.6 Å². The predicted molar refractivity (Wildman–Crippen MR) is 143 cm³/mol. The van der Waals surface area contributed by atoms with Gasteiger partial charge in [-0.25, -0.2) is 0 Å². The van der Waals surface area contributed by atoms with Crippen molar-refractivity contribution in [2.24, 2.45) is 11.8 Å². The van der Waals surface area contributed by atoms with Crippen LogP contribution >= 0.6 is 0 Å². The fraction of sp³-hybridized carbons (Fsp3) is 0.517. The fourth-order valence-corrected chi connectivity index (χ4v) is 6.89. The lowest BCUT2D eigenvalue weighted by Crippen LogP contribution is -2.53. The van der Waals surface area contributed by atoms with E-state index in [0.29, 0.717) is 17.3 Å². The van der Waals surface area contributed by atoms with Gasteiger partial charge < -0.3 is 30.6 Å². The molecule has 1 atom stereocenters. The van der Waals surface area contributed by atoms with E-state index >= 15 is 0 Å². The number of rotatable bonds is 3. The van der Waals surface area contributed by atoms with Crippen LogP contribution in [-0.2, 0) is 0 Å². The van der Waals surface area contributed by atoms with Gasteiger partial charge in [0, 0.05) is 31.0 Å². The Hall–Kier alpha value is -3.10. The highest BCUT2D eigenvalue weighted by Crippen LogP contribution is 2.43. The topological polar surface area (TPSA) is 105 Å². The van der Waals surface area contributed by atoms with E-state index in [9.17, 15) is 19.8 Å². The van der Waals surface area contributed by atoms with Crippen molar-refractivity contribution in [3.63, 3.8) is 0 Å². The van der Waals surface area contributed by atoms with Gasteiger partial charge in [-0.15, -0.1) is 0 Å². The number of anilines is 2. The van der Waals surface area contributed by atoms with Gasteiger partial charge >= 0.3 is 0 Å². The molecule has 6 heterocycles. The molecule has 8 heteroatoms. The summed E-state index contributed by atoms with van der Waals surface area (Å²) in [5, 5.41) is 27.2. The summed E-state index contributed by atoms with van der Waals surface area (Å²) in [6.45, 7) is 7.28. The van der Waals surface area contributed by atoms with Crippen molar-refractivity contribution in [1.82, 2.24) is 9.80 Å². The molecule has 2 aromatic rings. The van der Waals surface area contributed by atoms with Crippen LogP contribution in [-0.4, -0.2) is 83.9 Å². The second-order valence-electron chi connectivity index (χ2n) is 11.1. The van der Waals surface area contributed by atoms with Crippen LogP contribution in [0.1, 0.15) is 63.9 Å². The van der Waals surface area contributed by atoms with Gasteiger partial charge in [0.25, 0.3) is 0 Å². The average molecular weight is 505 g/mol. The average Bonchev–Trinajstić information content (AvgIpc) is 2.94. The van der Waals surface area contributed by atoms with Crippen LogP contribution < -0.4 is 10.6 Å². The van der Waals surface area contributed by atoms with Gasteiger partial charge in [0.15, 0.2) is 0 Å². The first-order valence-electron chi connectivity index (χ1n) is 13.6. The SMILES string of the molecule is C1CN2CCC1CC2.CNc1ccc(O)c2c1C(=O)c1c(O)ccc(NC3CN4CCC3CC4)c1C2=O. The first kappa shape index (κ1) is 24.2. The van der Waals surface area contributed by atoms with Gasteiger partial charge in [-0.1, -0.05) is 0 Å². The third-order valence-corrected chi connectivity index (χ3v) is 9.10. The molecule has 2 aromatic carbocycles. The lowest BCUT2D eigenvalue weighted by Gasteiger charge is -2.45. The van der Waals surface area contributed by atoms with E-state index in [1.807, 2.05) is 0 Å². The summed E-state index contributed by atoms with van der Waals surface area (Å²) >= 11 is 0. The number of carbonyl (C=O) groups excluding carboxylic acids is 2. The van der Waals surface area contributed by atoms with Gasteiger partial charge in [0.1, 0.15) is 11.5 Å². The Labute approximate surface area is 217 Å². The van der Waals surface area contributed by atoms with Gasteiger partial charge in [0.05, 0.1) is 22.3 Å². The van der Waals surface area contributed by atoms with E-state index in [4.69, 9.17) is 0 Å². The van der Waals surface area contributed by atoms with Gasteiger partial charge in [-0.05, 0) is 101 Å². The second-order valence-corrected chi connectivity index (χ2v) is 11.1. The number of aromatic hydroxyl groups is 2. The maximum absolute atomic E-state index is 13.4. The van der Waals surface area contributed by atoms with E-state index in [1.165, 1.54) is 51.0 Å². The lowest BCUT2D eigenvalue weighted by atomic mass is 9.80. The minimum Gasteiger partial charge on any atom is -0.507 e. The van der Waals surface area contributed by atoms with Crippen LogP contribution in [0.3, 0.4) is 0 Å². The fourth-order valence-electron chi connectivity index (χ4n) is 6.89. The molecule has 0 saturated carbocycles. The smallest absolute Gasteiger partial charge is 0.200 e.